The Balaban J connectivity index is 1.27. The van der Waals surface area contributed by atoms with Gasteiger partial charge in [0.2, 0.25) is 6.79 Å². The van der Waals surface area contributed by atoms with Gasteiger partial charge in [-0.15, -0.1) is 0 Å². The Morgan fingerprint density at radius 2 is 1.85 bits per heavy atom. The highest BCUT2D eigenvalue weighted by atomic mass is 16.7. The zero-order valence-electron chi connectivity index (χ0n) is 20.4. The molecule has 1 aromatic rings. The van der Waals surface area contributed by atoms with E-state index in [0.29, 0.717) is 23.5 Å². The van der Waals surface area contributed by atoms with Crippen LogP contribution in [-0.2, 0) is 14.3 Å². The Hall–Kier alpha value is -2.56. The fourth-order valence-electron chi connectivity index (χ4n) is 7.97. The molecule has 34 heavy (non-hydrogen) atoms. The lowest BCUT2D eigenvalue weighted by atomic mass is 9.48. The SMILES string of the molecule is CC(=O)O[C@H]1CC[C@@]2(C)C(=CCC3C2CC[C@]2(C)C(=O)/C(=C/c4ccc5c(c4)OCO5)CC32)C1. The first-order valence-electron chi connectivity index (χ1n) is 12.8. The summed E-state index contributed by atoms with van der Waals surface area (Å²) in [7, 11) is 0. The van der Waals surface area contributed by atoms with Crippen molar-refractivity contribution in [2.24, 2.45) is 28.6 Å². The highest BCUT2D eigenvalue weighted by molar-refractivity contribution is 6.06. The molecule has 0 radical (unpaired) electrons. The van der Waals surface area contributed by atoms with Crippen molar-refractivity contribution in [3.05, 3.63) is 41.0 Å². The first-order valence-corrected chi connectivity index (χ1v) is 12.8. The third-order valence-electron chi connectivity index (χ3n) is 9.77. The summed E-state index contributed by atoms with van der Waals surface area (Å²) in [5.41, 5.74) is 3.35. The quantitative estimate of drug-likeness (QED) is 0.312. The van der Waals surface area contributed by atoms with Gasteiger partial charge in [0.15, 0.2) is 17.3 Å². The van der Waals surface area contributed by atoms with Crippen LogP contribution in [-0.4, -0.2) is 24.6 Å². The van der Waals surface area contributed by atoms with Crippen molar-refractivity contribution >= 4 is 17.8 Å². The second kappa shape index (κ2) is 7.73. The Bertz CT molecular complexity index is 1120. The van der Waals surface area contributed by atoms with E-state index in [1.54, 1.807) is 0 Å². The minimum absolute atomic E-state index is 0.0199. The summed E-state index contributed by atoms with van der Waals surface area (Å²) in [5, 5.41) is 0. The average molecular weight is 463 g/mol. The van der Waals surface area contributed by atoms with E-state index in [9.17, 15) is 9.59 Å². The third-order valence-corrected chi connectivity index (χ3v) is 9.77. The molecule has 0 amide bonds. The first kappa shape index (κ1) is 21.9. The summed E-state index contributed by atoms with van der Waals surface area (Å²) in [6, 6.07) is 5.92. The lowest BCUT2D eigenvalue weighted by Crippen LogP contribution is -2.50. The topological polar surface area (TPSA) is 61.8 Å². The van der Waals surface area contributed by atoms with Crippen molar-refractivity contribution < 1.29 is 23.8 Å². The third kappa shape index (κ3) is 3.26. The van der Waals surface area contributed by atoms with Crippen molar-refractivity contribution in [1.82, 2.24) is 0 Å². The molecular formula is C29H34O5. The molecule has 0 spiro atoms. The number of hydrogen-bond acceptors (Lipinski definition) is 5. The first-order chi connectivity index (χ1) is 16.3. The summed E-state index contributed by atoms with van der Waals surface area (Å²) in [6.45, 7) is 6.42. The van der Waals surface area contributed by atoms with Crippen LogP contribution in [0.4, 0.5) is 0 Å². The second-order valence-corrected chi connectivity index (χ2v) is 11.5. The number of rotatable bonds is 2. The van der Waals surface area contributed by atoms with Crippen molar-refractivity contribution in [1.29, 1.82) is 0 Å². The summed E-state index contributed by atoms with van der Waals surface area (Å²) in [4.78, 5) is 25.2. The van der Waals surface area contributed by atoms with Gasteiger partial charge in [-0.25, -0.2) is 0 Å². The van der Waals surface area contributed by atoms with E-state index in [2.05, 4.69) is 26.0 Å². The number of carbonyl (C=O) groups excluding carboxylic acids is 2. The molecule has 3 unspecified atom stereocenters. The highest BCUT2D eigenvalue weighted by Crippen LogP contribution is 2.64. The molecule has 3 fully saturated rings. The molecule has 6 atom stereocenters. The molecule has 4 aliphatic carbocycles. The van der Waals surface area contributed by atoms with Crippen LogP contribution in [0.2, 0.25) is 0 Å². The zero-order valence-corrected chi connectivity index (χ0v) is 20.4. The van der Waals surface area contributed by atoms with Gasteiger partial charge >= 0.3 is 5.97 Å². The van der Waals surface area contributed by atoms with Gasteiger partial charge in [0.05, 0.1) is 0 Å². The second-order valence-electron chi connectivity index (χ2n) is 11.5. The van der Waals surface area contributed by atoms with Gasteiger partial charge in [-0.2, -0.15) is 0 Å². The normalized spacial score (nSPS) is 39.2. The zero-order chi connectivity index (χ0) is 23.7. The summed E-state index contributed by atoms with van der Waals surface area (Å²) in [5.74, 6) is 3.20. The van der Waals surface area contributed by atoms with Crippen LogP contribution in [0.3, 0.4) is 0 Å². The number of Topliss-reactive ketones (excluding diaryl/α,β-unsaturated/α-hetero) is 1. The molecule has 0 aromatic heterocycles. The Kier molecular flexibility index (Phi) is 4.98. The number of esters is 1. The van der Waals surface area contributed by atoms with Gasteiger partial charge in [-0.3, -0.25) is 9.59 Å². The average Bonchev–Trinajstić information content (AvgIpc) is 3.36. The maximum absolute atomic E-state index is 13.7. The molecule has 1 aromatic carbocycles. The van der Waals surface area contributed by atoms with Gasteiger partial charge < -0.3 is 14.2 Å². The molecular weight excluding hydrogens is 428 g/mol. The number of hydrogen-bond donors (Lipinski definition) is 0. The van der Waals surface area contributed by atoms with E-state index in [1.807, 2.05) is 18.2 Å². The summed E-state index contributed by atoms with van der Waals surface area (Å²) in [6.07, 6.45) is 11.4. The predicted octanol–water partition coefficient (Wildman–Crippen LogP) is 5.87. The molecule has 0 saturated heterocycles. The molecule has 180 valence electrons. The van der Waals surface area contributed by atoms with Crippen LogP contribution < -0.4 is 9.47 Å². The van der Waals surface area contributed by atoms with E-state index in [0.717, 1.165) is 67.6 Å². The highest BCUT2D eigenvalue weighted by Gasteiger charge is 2.60. The van der Waals surface area contributed by atoms with Gasteiger partial charge in [0.25, 0.3) is 0 Å². The van der Waals surface area contributed by atoms with Crippen molar-refractivity contribution in [3.63, 3.8) is 0 Å². The number of fused-ring (bicyclic) bond motifs is 6. The maximum atomic E-state index is 13.7. The van der Waals surface area contributed by atoms with Crippen LogP contribution in [0.15, 0.2) is 35.4 Å². The minimum atomic E-state index is -0.264. The van der Waals surface area contributed by atoms with E-state index in [4.69, 9.17) is 14.2 Å². The molecule has 0 N–H and O–H groups in total. The van der Waals surface area contributed by atoms with Gasteiger partial charge in [0, 0.05) is 18.8 Å². The van der Waals surface area contributed by atoms with Crippen LogP contribution in [0.5, 0.6) is 11.5 Å². The Morgan fingerprint density at radius 3 is 2.68 bits per heavy atom. The summed E-state index contributed by atoms with van der Waals surface area (Å²) < 4.78 is 16.5. The number of ether oxygens (including phenoxy) is 3. The molecule has 0 bridgehead atoms. The number of ketones is 1. The van der Waals surface area contributed by atoms with Crippen LogP contribution in [0.25, 0.3) is 6.08 Å². The van der Waals surface area contributed by atoms with E-state index in [1.165, 1.54) is 12.5 Å². The molecule has 1 aliphatic heterocycles. The fourth-order valence-corrected chi connectivity index (χ4v) is 7.97. The van der Waals surface area contributed by atoms with Gasteiger partial charge in [0.1, 0.15) is 6.10 Å². The van der Waals surface area contributed by atoms with Gasteiger partial charge in [-0.1, -0.05) is 31.6 Å². The molecule has 6 rings (SSSR count). The van der Waals surface area contributed by atoms with E-state index < -0.39 is 0 Å². The number of carbonyl (C=O) groups is 2. The smallest absolute Gasteiger partial charge is 0.302 e. The van der Waals surface area contributed by atoms with Crippen molar-refractivity contribution in [2.45, 2.75) is 71.8 Å². The van der Waals surface area contributed by atoms with E-state index >= 15 is 0 Å². The number of allylic oxidation sites excluding steroid dienone is 2. The molecule has 1 heterocycles. The van der Waals surface area contributed by atoms with Crippen molar-refractivity contribution in [2.75, 3.05) is 6.79 Å². The fraction of sp³-hybridized carbons (Fsp3) is 0.586. The number of benzene rings is 1. The van der Waals surface area contributed by atoms with Gasteiger partial charge in [-0.05, 0) is 91.0 Å². The maximum Gasteiger partial charge on any atom is 0.302 e. The molecule has 5 heteroatoms. The van der Waals surface area contributed by atoms with Crippen LogP contribution in [0.1, 0.15) is 71.3 Å². The molecule has 5 aliphatic rings. The van der Waals surface area contributed by atoms with Crippen molar-refractivity contribution in [3.8, 4) is 11.5 Å². The monoisotopic (exact) mass is 462 g/mol. The summed E-state index contributed by atoms with van der Waals surface area (Å²) >= 11 is 0. The Labute approximate surface area is 201 Å². The lowest BCUT2D eigenvalue weighted by Gasteiger charge is -2.56. The largest absolute Gasteiger partial charge is 0.462 e. The Morgan fingerprint density at radius 1 is 1.06 bits per heavy atom. The minimum Gasteiger partial charge on any atom is -0.462 e. The lowest BCUT2D eigenvalue weighted by molar-refractivity contribution is -0.148. The van der Waals surface area contributed by atoms with Crippen LogP contribution in [0, 0.1) is 28.6 Å². The van der Waals surface area contributed by atoms with Crippen LogP contribution >= 0.6 is 0 Å². The standard InChI is InChI=1S/C29H34O5/c1-17(30)34-21-8-10-28(2)20(15-21)5-6-22-23(28)9-11-29(3)24(22)14-19(27(29)31)12-18-4-7-25-26(13-18)33-16-32-25/h4-5,7,12-13,21-24H,6,8-11,14-16H2,1-3H3/b19-12+/t21-,22?,23?,24?,28-,29-/m0/s1. The molecule has 3 saturated carbocycles. The molecule has 5 nitrogen and oxygen atoms in total. The van der Waals surface area contributed by atoms with E-state index in [-0.39, 0.29) is 29.7 Å². The predicted molar refractivity (Wildman–Crippen MR) is 128 cm³/mol.